The van der Waals surface area contributed by atoms with Crippen molar-refractivity contribution in [2.24, 2.45) is 34.5 Å². The Hall–Kier alpha value is -0.800. The largest absolute Gasteiger partial charge is 0.393 e. The van der Waals surface area contributed by atoms with Gasteiger partial charge < -0.3 is 15.3 Å². The van der Waals surface area contributed by atoms with Gasteiger partial charge >= 0.3 is 0 Å². The fourth-order valence-electron chi connectivity index (χ4n) is 8.74. The van der Waals surface area contributed by atoms with E-state index >= 15 is 0 Å². The molecule has 1 aliphatic heterocycles. The number of rotatable bonds is 3. The number of hydrogen-bond acceptors (Lipinski definition) is 3. The van der Waals surface area contributed by atoms with Crippen molar-refractivity contribution in [3.05, 3.63) is 22.9 Å². The van der Waals surface area contributed by atoms with Crippen molar-refractivity contribution in [1.29, 1.82) is 0 Å². The Kier molecular flexibility index (Phi) is 5.38. The van der Waals surface area contributed by atoms with Crippen LogP contribution in [-0.4, -0.2) is 42.3 Å². The molecule has 0 aromatic heterocycles. The molecule has 4 aliphatic carbocycles. The lowest BCUT2D eigenvalue weighted by molar-refractivity contribution is -0.0580. The topological polar surface area (TPSA) is 35.5 Å². The van der Waals surface area contributed by atoms with Gasteiger partial charge in [-0.15, -0.1) is 0 Å². The van der Waals surface area contributed by atoms with E-state index in [9.17, 15) is 5.11 Å². The summed E-state index contributed by atoms with van der Waals surface area (Å²) in [5.41, 5.74) is 5.86. The number of piperazine rings is 1. The molecule has 30 heavy (non-hydrogen) atoms. The third-order valence-corrected chi connectivity index (χ3v) is 10.3. The molecule has 0 amide bonds. The number of aliphatic hydroxyl groups is 1. The summed E-state index contributed by atoms with van der Waals surface area (Å²) >= 11 is 0. The summed E-state index contributed by atoms with van der Waals surface area (Å²) in [6.07, 6.45) is 12.3. The van der Waals surface area contributed by atoms with Gasteiger partial charge in [-0.1, -0.05) is 44.9 Å². The van der Waals surface area contributed by atoms with Crippen molar-refractivity contribution in [1.82, 2.24) is 10.2 Å². The Morgan fingerprint density at radius 2 is 1.77 bits per heavy atom. The molecule has 0 aromatic rings. The highest BCUT2D eigenvalue weighted by atomic mass is 16.3. The molecule has 2 unspecified atom stereocenters. The van der Waals surface area contributed by atoms with E-state index in [4.69, 9.17) is 0 Å². The summed E-state index contributed by atoms with van der Waals surface area (Å²) in [5, 5.41) is 14.0. The first-order valence-electron chi connectivity index (χ1n) is 13.0. The molecule has 1 saturated heterocycles. The second-order valence-corrected chi connectivity index (χ2v) is 11.6. The number of nitrogens with one attached hydrogen (secondary N) is 1. The van der Waals surface area contributed by atoms with Crippen molar-refractivity contribution < 1.29 is 5.11 Å². The predicted molar refractivity (Wildman–Crippen MR) is 124 cm³/mol. The normalized spacial score (nSPS) is 46.2. The Bertz CT molecular complexity index is 735. The smallest absolute Gasteiger partial charge is 0.0577 e. The summed E-state index contributed by atoms with van der Waals surface area (Å²) in [6.45, 7) is 14.7. The van der Waals surface area contributed by atoms with Gasteiger partial charge in [0.25, 0.3) is 0 Å². The van der Waals surface area contributed by atoms with Crippen molar-refractivity contribution in [2.75, 3.05) is 26.2 Å². The number of nitrogens with zero attached hydrogens (tertiary/aromatic N) is 1. The second kappa shape index (κ2) is 7.66. The third-order valence-electron chi connectivity index (χ3n) is 10.3. The minimum atomic E-state index is -0.105. The minimum absolute atomic E-state index is 0.105. The monoisotopic (exact) mass is 412 g/mol. The Balaban J connectivity index is 1.53. The van der Waals surface area contributed by atoms with Gasteiger partial charge in [-0.2, -0.15) is 0 Å². The minimum Gasteiger partial charge on any atom is -0.393 e. The van der Waals surface area contributed by atoms with Crippen LogP contribution in [0.25, 0.3) is 0 Å². The van der Waals surface area contributed by atoms with E-state index in [0.29, 0.717) is 16.7 Å². The van der Waals surface area contributed by atoms with Crippen molar-refractivity contribution in [3.63, 3.8) is 0 Å². The van der Waals surface area contributed by atoms with Gasteiger partial charge in [-0.25, -0.2) is 0 Å². The Morgan fingerprint density at radius 1 is 1.03 bits per heavy atom. The molecule has 2 N–H and O–H groups in total. The van der Waals surface area contributed by atoms with E-state index in [1.165, 1.54) is 51.6 Å². The zero-order valence-corrected chi connectivity index (χ0v) is 19.8. The van der Waals surface area contributed by atoms with Crippen LogP contribution in [0.15, 0.2) is 22.9 Å². The van der Waals surface area contributed by atoms with Gasteiger partial charge in [0.1, 0.15) is 0 Å². The van der Waals surface area contributed by atoms with Crippen LogP contribution in [0, 0.1) is 34.5 Å². The lowest BCUT2D eigenvalue weighted by Crippen LogP contribution is -2.54. The SMILES string of the molecule is CCC1=C(N2CCNCC2)[C@@]2(C)CC[C@@H]3[C@@H](C(CC)C=C4CC(O)CC[C@@]43C)[C@@H]2C1. The molecule has 0 bridgehead atoms. The molecule has 3 fully saturated rings. The van der Waals surface area contributed by atoms with Gasteiger partial charge in [0.2, 0.25) is 0 Å². The van der Waals surface area contributed by atoms with E-state index in [1.54, 1.807) is 16.8 Å². The van der Waals surface area contributed by atoms with E-state index in [2.05, 4.69) is 44.0 Å². The van der Waals surface area contributed by atoms with Gasteiger partial charge in [0.15, 0.2) is 0 Å². The highest BCUT2D eigenvalue weighted by molar-refractivity contribution is 5.35. The van der Waals surface area contributed by atoms with Crippen molar-refractivity contribution in [2.45, 2.75) is 85.2 Å². The van der Waals surface area contributed by atoms with E-state index < -0.39 is 0 Å². The number of allylic oxidation sites excluding steroid dienone is 3. The van der Waals surface area contributed by atoms with Crippen LogP contribution in [0.5, 0.6) is 0 Å². The molecular formula is C27H44N2O. The zero-order chi connectivity index (χ0) is 21.1. The van der Waals surface area contributed by atoms with Crippen molar-refractivity contribution >= 4 is 0 Å². The highest BCUT2D eigenvalue weighted by Gasteiger charge is 2.60. The average Bonchev–Trinajstić information content (AvgIpc) is 3.06. The number of fused-ring (bicyclic) bond motifs is 5. The van der Waals surface area contributed by atoms with Crippen LogP contribution in [0.2, 0.25) is 0 Å². The molecule has 7 atom stereocenters. The fraction of sp³-hybridized carbons (Fsp3) is 0.852. The van der Waals surface area contributed by atoms with E-state index in [-0.39, 0.29) is 6.10 Å². The summed E-state index contributed by atoms with van der Waals surface area (Å²) in [5.74, 6) is 3.14. The van der Waals surface area contributed by atoms with Crippen LogP contribution in [0.4, 0.5) is 0 Å². The maximum absolute atomic E-state index is 10.4. The van der Waals surface area contributed by atoms with Gasteiger partial charge in [-0.05, 0) is 80.5 Å². The van der Waals surface area contributed by atoms with Crippen LogP contribution in [0.1, 0.15) is 79.1 Å². The Labute approximate surface area is 184 Å². The van der Waals surface area contributed by atoms with Crippen molar-refractivity contribution in [3.8, 4) is 0 Å². The summed E-state index contributed by atoms with van der Waals surface area (Å²) in [4.78, 5) is 2.78. The van der Waals surface area contributed by atoms with Crippen LogP contribution in [-0.2, 0) is 0 Å². The average molecular weight is 413 g/mol. The van der Waals surface area contributed by atoms with Crippen LogP contribution < -0.4 is 5.32 Å². The first kappa shape index (κ1) is 21.1. The quantitative estimate of drug-likeness (QED) is 0.631. The molecule has 2 saturated carbocycles. The molecule has 0 spiro atoms. The molecular weight excluding hydrogens is 368 g/mol. The predicted octanol–water partition coefficient (Wildman–Crippen LogP) is 5.13. The molecule has 5 aliphatic rings. The molecule has 0 aromatic carbocycles. The van der Waals surface area contributed by atoms with Crippen LogP contribution in [0.3, 0.4) is 0 Å². The third kappa shape index (κ3) is 2.98. The maximum Gasteiger partial charge on any atom is 0.0577 e. The molecule has 1 heterocycles. The fourth-order valence-corrected chi connectivity index (χ4v) is 8.74. The molecule has 0 radical (unpaired) electrons. The van der Waals surface area contributed by atoms with E-state index in [0.717, 1.165) is 43.7 Å². The standard InChI is InChI=1S/C27H44N2O/c1-5-18-15-20-17-21(30)7-9-26(20,3)22-8-10-27(4)23(24(18)22)16-19(6-2)25(27)29-13-11-28-12-14-29/h15,18,21-24,28,30H,5-14,16-17H2,1-4H3/t18?,21?,22-,23+,24-,26+,27+/m1/s1. The number of aliphatic hydroxyl groups excluding tert-OH is 1. The molecule has 168 valence electrons. The van der Waals surface area contributed by atoms with Gasteiger partial charge in [0.05, 0.1) is 6.10 Å². The second-order valence-electron chi connectivity index (χ2n) is 11.6. The Morgan fingerprint density at radius 3 is 2.47 bits per heavy atom. The summed E-state index contributed by atoms with van der Waals surface area (Å²) in [7, 11) is 0. The van der Waals surface area contributed by atoms with Crippen LogP contribution >= 0.6 is 0 Å². The lowest BCUT2D eigenvalue weighted by atomic mass is 9.45. The first-order valence-corrected chi connectivity index (χ1v) is 13.0. The van der Waals surface area contributed by atoms with E-state index in [1.807, 2.05) is 0 Å². The zero-order valence-electron chi connectivity index (χ0n) is 19.8. The van der Waals surface area contributed by atoms with Gasteiger partial charge in [0, 0.05) is 37.3 Å². The molecule has 5 rings (SSSR count). The molecule has 3 nitrogen and oxygen atoms in total. The highest BCUT2D eigenvalue weighted by Crippen LogP contribution is 2.67. The summed E-state index contributed by atoms with van der Waals surface area (Å²) in [6, 6.07) is 0. The summed E-state index contributed by atoms with van der Waals surface area (Å²) < 4.78 is 0. The molecule has 3 heteroatoms. The first-order chi connectivity index (χ1) is 14.4. The van der Waals surface area contributed by atoms with Gasteiger partial charge in [-0.3, -0.25) is 0 Å². The lowest BCUT2D eigenvalue weighted by Gasteiger charge is -2.60. The number of hydrogen-bond donors (Lipinski definition) is 2. The maximum atomic E-state index is 10.4.